The van der Waals surface area contributed by atoms with E-state index in [0.29, 0.717) is 16.4 Å². The zero-order valence-corrected chi connectivity index (χ0v) is 14.4. The SMILES string of the molecule is CC(CCl)CS(=O)(=O)Nc1sc2c(c1C#N)CCCCC2. The molecule has 116 valence electrons. The number of aryl methyl sites for hydroxylation is 1. The highest BCUT2D eigenvalue weighted by Crippen LogP contribution is 2.37. The van der Waals surface area contributed by atoms with Crippen molar-refractivity contribution in [3.63, 3.8) is 0 Å². The molecule has 1 aromatic heterocycles. The molecule has 0 bridgehead atoms. The molecule has 0 aliphatic heterocycles. The lowest BCUT2D eigenvalue weighted by Gasteiger charge is -2.10. The summed E-state index contributed by atoms with van der Waals surface area (Å²) in [6.07, 6.45) is 5.14. The minimum absolute atomic E-state index is 0.0239. The van der Waals surface area contributed by atoms with Gasteiger partial charge in [-0.15, -0.1) is 22.9 Å². The van der Waals surface area contributed by atoms with Gasteiger partial charge in [0.15, 0.2) is 0 Å². The van der Waals surface area contributed by atoms with E-state index in [-0.39, 0.29) is 11.7 Å². The van der Waals surface area contributed by atoms with Crippen LogP contribution in [0.3, 0.4) is 0 Å². The number of thiophene rings is 1. The average molecular weight is 347 g/mol. The minimum Gasteiger partial charge on any atom is -0.273 e. The summed E-state index contributed by atoms with van der Waals surface area (Å²) in [6.45, 7) is 1.79. The van der Waals surface area contributed by atoms with Crippen LogP contribution < -0.4 is 4.72 Å². The van der Waals surface area contributed by atoms with Gasteiger partial charge in [-0.25, -0.2) is 8.42 Å². The Balaban J connectivity index is 2.27. The summed E-state index contributed by atoms with van der Waals surface area (Å²) < 4.78 is 26.9. The molecule has 7 heteroatoms. The standard InChI is InChI=1S/C14H19ClN2O2S2/c1-10(7-15)9-21(18,19)17-14-12(8-16)11-5-3-2-4-6-13(11)20-14/h10,17H,2-7,9H2,1H3. The molecular weight excluding hydrogens is 328 g/mol. The van der Waals surface area contributed by atoms with Crippen LogP contribution >= 0.6 is 22.9 Å². The number of nitriles is 1. The fourth-order valence-electron chi connectivity index (χ4n) is 2.53. The summed E-state index contributed by atoms with van der Waals surface area (Å²) in [4.78, 5) is 1.16. The molecule has 1 unspecified atom stereocenters. The number of rotatable bonds is 5. The molecular formula is C14H19ClN2O2S2. The van der Waals surface area contributed by atoms with Crippen molar-refractivity contribution in [2.45, 2.75) is 39.0 Å². The maximum Gasteiger partial charge on any atom is 0.233 e. The fraction of sp³-hybridized carbons (Fsp3) is 0.643. The largest absolute Gasteiger partial charge is 0.273 e. The van der Waals surface area contributed by atoms with Crippen molar-refractivity contribution in [1.29, 1.82) is 5.26 Å². The molecule has 0 aromatic carbocycles. The van der Waals surface area contributed by atoms with Gasteiger partial charge in [0.1, 0.15) is 11.1 Å². The van der Waals surface area contributed by atoms with Crippen LogP contribution in [-0.2, 0) is 22.9 Å². The molecule has 21 heavy (non-hydrogen) atoms. The molecule has 1 atom stereocenters. The Morgan fingerprint density at radius 3 is 2.76 bits per heavy atom. The van der Waals surface area contributed by atoms with E-state index >= 15 is 0 Å². The zero-order chi connectivity index (χ0) is 15.5. The highest BCUT2D eigenvalue weighted by Gasteiger charge is 2.23. The fourth-order valence-corrected chi connectivity index (χ4v) is 5.75. The second kappa shape index (κ2) is 6.99. The van der Waals surface area contributed by atoms with Crippen molar-refractivity contribution in [3.8, 4) is 6.07 Å². The smallest absolute Gasteiger partial charge is 0.233 e. The summed E-state index contributed by atoms with van der Waals surface area (Å²) in [5.41, 5.74) is 1.56. The summed E-state index contributed by atoms with van der Waals surface area (Å²) in [7, 11) is -3.46. The lowest BCUT2D eigenvalue weighted by Crippen LogP contribution is -2.22. The van der Waals surface area contributed by atoms with Gasteiger partial charge < -0.3 is 0 Å². The van der Waals surface area contributed by atoms with E-state index < -0.39 is 10.0 Å². The van der Waals surface area contributed by atoms with Crippen LogP contribution in [-0.4, -0.2) is 20.1 Å². The van der Waals surface area contributed by atoms with Crippen LogP contribution in [0.5, 0.6) is 0 Å². The van der Waals surface area contributed by atoms with E-state index in [4.69, 9.17) is 11.6 Å². The van der Waals surface area contributed by atoms with Gasteiger partial charge in [0.05, 0.1) is 11.3 Å². The van der Waals surface area contributed by atoms with Crippen LogP contribution in [0.4, 0.5) is 5.00 Å². The molecule has 1 aliphatic carbocycles. The Hall–Kier alpha value is -0.770. The molecule has 0 fully saturated rings. The van der Waals surface area contributed by atoms with Gasteiger partial charge in [0.25, 0.3) is 0 Å². The number of hydrogen-bond acceptors (Lipinski definition) is 4. The van der Waals surface area contributed by atoms with Gasteiger partial charge in [-0.2, -0.15) is 5.26 Å². The Morgan fingerprint density at radius 2 is 2.10 bits per heavy atom. The molecule has 0 saturated heterocycles. The zero-order valence-electron chi connectivity index (χ0n) is 12.0. The van der Waals surface area contributed by atoms with Gasteiger partial charge in [-0.3, -0.25) is 4.72 Å². The first-order valence-corrected chi connectivity index (χ1v) is 10.1. The topological polar surface area (TPSA) is 70.0 Å². The Labute approximate surface area is 135 Å². The van der Waals surface area contributed by atoms with Crippen molar-refractivity contribution in [3.05, 3.63) is 16.0 Å². The maximum absolute atomic E-state index is 12.1. The van der Waals surface area contributed by atoms with E-state index in [9.17, 15) is 13.7 Å². The van der Waals surface area contributed by atoms with Gasteiger partial charge in [-0.05, 0) is 37.2 Å². The van der Waals surface area contributed by atoms with Gasteiger partial charge in [0, 0.05) is 10.8 Å². The third-order valence-corrected chi connectivity index (χ3v) is 6.93. The van der Waals surface area contributed by atoms with Crippen molar-refractivity contribution < 1.29 is 8.42 Å². The number of hydrogen-bond donors (Lipinski definition) is 1. The monoisotopic (exact) mass is 346 g/mol. The maximum atomic E-state index is 12.1. The van der Waals surface area contributed by atoms with Crippen LogP contribution in [0.25, 0.3) is 0 Å². The first-order valence-electron chi connectivity index (χ1n) is 7.08. The summed E-state index contributed by atoms with van der Waals surface area (Å²) in [6, 6.07) is 2.18. The number of nitrogens with one attached hydrogen (secondary N) is 1. The van der Waals surface area contributed by atoms with E-state index in [0.717, 1.165) is 36.1 Å². The molecule has 0 spiro atoms. The number of fused-ring (bicyclic) bond motifs is 1. The number of sulfonamides is 1. The predicted molar refractivity (Wildman–Crippen MR) is 87.6 cm³/mol. The normalized spacial score (nSPS) is 16.6. The van der Waals surface area contributed by atoms with Crippen LogP contribution in [0.2, 0.25) is 0 Å². The Morgan fingerprint density at radius 1 is 1.38 bits per heavy atom. The van der Waals surface area contributed by atoms with Crippen molar-refractivity contribution in [1.82, 2.24) is 0 Å². The summed E-state index contributed by atoms with van der Waals surface area (Å²) in [5.74, 6) is 0.157. The van der Waals surface area contributed by atoms with Crippen LogP contribution in [0.1, 0.15) is 42.2 Å². The third-order valence-electron chi connectivity index (χ3n) is 3.55. The van der Waals surface area contributed by atoms with Crippen LogP contribution in [0, 0.1) is 17.2 Å². The molecule has 1 aromatic rings. The lowest BCUT2D eigenvalue weighted by molar-refractivity contribution is 0.588. The Kier molecular flexibility index (Phi) is 5.53. The lowest BCUT2D eigenvalue weighted by atomic mass is 10.1. The second-order valence-corrected chi connectivity index (χ2v) is 8.70. The van der Waals surface area contributed by atoms with E-state index in [2.05, 4.69) is 10.8 Å². The van der Waals surface area contributed by atoms with E-state index in [1.54, 1.807) is 6.92 Å². The van der Waals surface area contributed by atoms with E-state index in [1.807, 2.05) is 0 Å². The highest BCUT2D eigenvalue weighted by atomic mass is 35.5. The molecule has 2 rings (SSSR count). The molecule has 1 heterocycles. The van der Waals surface area contributed by atoms with Gasteiger partial charge >= 0.3 is 0 Å². The first-order chi connectivity index (χ1) is 9.96. The molecule has 0 amide bonds. The average Bonchev–Trinajstić information content (AvgIpc) is 2.59. The first kappa shape index (κ1) is 16.6. The predicted octanol–water partition coefficient (Wildman–Crippen LogP) is 3.51. The molecule has 4 nitrogen and oxygen atoms in total. The highest BCUT2D eigenvalue weighted by molar-refractivity contribution is 7.92. The molecule has 0 saturated carbocycles. The van der Waals surface area contributed by atoms with Gasteiger partial charge in [-0.1, -0.05) is 13.3 Å². The number of anilines is 1. The van der Waals surface area contributed by atoms with Crippen molar-refractivity contribution >= 4 is 38.0 Å². The van der Waals surface area contributed by atoms with Crippen LogP contribution in [0.15, 0.2) is 0 Å². The van der Waals surface area contributed by atoms with E-state index in [1.165, 1.54) is 17.8 Å². The number of nitrogens with zero attached hydrogens (tertiary/aromatic N) is 1. The number of halogens is 1. The third kappa shape index (κ3) is 4.12. The second-order valence-electron chi connectivity index (χ2n) is 5.52. The van der Waals surface area contributed by atoms with Gasteiger partial charge in [0.2, 0.25) is 10.0 Å². The van der Waals surface area contributed by atoms with Crippen molar-refractivity contribution in [2.24, 2.45) is 5.92 Å². The quantitative estimate of drug-likeness (QED) is 0.655. The molecule has 0 radical (unpaired) electrons. The Bertz CT molecular complexity index is 647. The number of alkyl halides is 1. The summed E-state index contributed by atoms with van der Waals surface area (Å²) in [5, 5.41) is 9.86. The molecule has 1 aliphatic rings. The summed E-state index contributed by atoms with van der Waals surface area (Å²) >= 11 is 7.09. The van der Waals surface area contributed by atoms with Crippen molar-refractivity contribution in [2.75, 3.05) is 16.4 Å². The molecule has 1 N–H and O–H groups in total. The minimum atomic E-state index is -3.46.